The topological polar surface area (TPSA) is 56.5 Å². The van der Waals surface area contributed by atoms with Crippen LogP contribution < -0.4 is 9.47 Å². The Morgan fingerprint density at radius 2 is 2.30 bits per heavy atom. The standard InChI is InChI=1S/C14H15ClN2O3/c1-17-5-4-16-13(17)3-2-11(18)9-6-10(15)14-12(7-9)19-8-20-14/h4-7,11,18H,2-3,8H2,1H3. The van der Waals surface area contributed by atoms with Crippen molar-refractivity contribution in [1.82, 2.24) is 9.55 Å². The van der Waals surface area contributed by atoms with Crippen molar-refractivity contribution in [2.75, 3.05) is 6.79 Å². The second-order valence-electron chi connectivity index (χ2n) is 4.75. The zero-order valence-corrected chi connectivity index (χ0v) is 11.8. The molecule has 2 heterocycles. The molecule has 1 unspecified atom stereocenters. The number of aliphatic hydroxyl groups is 1. The lowest BCUT2D eigenvalue weighted by molar-refractivity contribution is 0.165. The molecule has 0 saturated heterocycles. The summed E-state index contributed by atoms with van der Waals surface area (Å²) in [5.74, 6) is 2.08. The SMILES string of the molecule is Cn1ccnc1CCC(O)c1cc(Cl)c2c(c1)OCO2. The summed E-state index contributed by atoms with van der Waals surface area (Å²) in [5.41, 5.74) is 0.730. The summed E-state index contributed by atoms with van der Waals surface area (Å²) in [7, 11) is 1.94. The molecule has 0 radical (unpaired) electrons. The summed E-state index contributed by atoms with van der Waals surface area (Å²) < 4.78 is 12.5. The minimum absolute atomic E-state index is 0.169. The molecule has 3 rings (SSSR count). The van der Waals surface area contributed by atoms with Gasteiger partial charge in [-0.2, -0.15) is 0 Å². The van der Waals surface area contributed by atoms with Crippen LogP contribution in [0, 0.1) is 0 Å². The van der Waals surface area contributed by atoms with Crippen LogP contribution >= 0.6 is 11.6 Å². The van der Waals surface area contributed by atoms with Crippen molar-refractivity contribution >= 4 is 11.6 Å². The van der Waals surface area contributed by atoms with E-state index in [4.69, 9.17) is 21.1 Å². The van der Waals surface area contributed by atoms with E-state index in [0.717, 1.165) is 11.4 Å². The molecule has 6 heteroatoms. The lowest BCUT2D eigenvalue weighted by Gasteiger charge is -2.12. The van der Waals surface area contributed by atoms with Gasteiger partial charge in [0.25, 0.3) is 0 Å². The molecule has 1 aromatic carbocycles. The van der Waals surface area contributed by atoms with Gasteiger partial charge in [-0.05, 0) is 24.1 Å². The van der Waals surface area contributed by atoms with E-state index in [1.807, 2.05) is 17.8 Å². The number of benzene rings is 1. The normalized spacial score (nSPS) is 14.6. The van der Waals surface area contributed by atoms with Crippen molar-refractivity contribution in [3.05, 3.63) is 40.9 Å². The monoisotopic (exact) mass is 294 g/mol. The number of hydrogen-bond acceptors (Lipinski definition) is 4. The number of aryl methyl sites for hydroxylation is 2. The summed E-state index contributed by atoms with van der Waals surface area (Å²) in [6.45, 7) is 0.169. The Morgan fingerprint density at radius 1 is 1.45 bits per heavy atom. The van der Waals surface area contributed by atoms with Gasteiger partial charge in [0.15, 0.2) is 11.5 Å². The fraction of sp³-hybridized carbons (Fsp3) is 0.357. The molecule has 0 fully saturated rings. The minimum Gasteiger partial charge on any atom is -0.454 e. The molecule has 0 bridgehead atoms. The summed E-state index contributed by atoms with van der Waals surface area (Å²) in [4.78, 5) is 4.24. The first-order valence-corrected chi connectivity index (χ1v) is 6.76. The minimum atomic E-state index is -0.612. The molecule has 0 aliphatic carbocycles. The number of rotatable bonds is 4. The van der Waals surface area contributed by atoms with Crippen LogP contribution in [0.5, 0.6) is 11.5 Å². The van der Waals surface area contributed by atoms with Gasteiger partial charge in [-0.25, -0.2) is 4.98 Å². The van der Waals surface area contributed by atoms with Crippen molar-refractivity contribution < 1.29 is 14.6 Å². The molecule has 106 valence electrons. The third-order valence-electron chi connectivity index (χ3n) is 3.40. The molecule has 1 aliphatic heterocycles. The van der Waals surface area contributed by atoms with Crippen molar-refractivity contribution in [3.63, 3.8) is 0 Å². The molecule has 1 N–H and O–H groups in total. The number of nitrogens with zero attached hydrogens (tertiary/aromatic N) is 2. The van der Waals surface area contributed by atoms with Crippen molar-refractivity contribution in [1.29, 1.82) is 0 Å². The van der Waals surface area contributed by atoms with Gasteiger partial charge in [-0.3, -0.25) is 0 Å². The highest BCUT2D eigenvalue weighted by Crippen LogP contribution is 2.41. The first-order chi connectivity index (χ1) is 9.65. The Kier molecular flexibility index (Phi) is 3.54. The highest BCUT2D eigenvalue weighted by Gasteiger charge is 2.21. The lowest BCUT2D eigenvalue weighted by atomic mass is 10.0. The Balaban J connectivity index is 1.73. The number of ether oxygens (including phenoxy) is 2. The Morgan fingerprint density at radius 3 is 3.05 bits per heavy atom. The van der Waals surface area contributed by atoms with E-state index in [1.165, 1.54) is 0 Å². The van der Waals surface area contributed by atoms with E-state index in [0.29, 0.717) is 29.4 Å². The maximum atomic E-state index is 10.3. The van der Waals surface area contributed by atoms with E-state index in [9.17, 15) is 5.11 Å². The van der Waals surface area contributed by atoms with Crippen LogP contribution in [-0.4, -0.2) is 21.5 Å². The number of imidazole rings is 1. The fourth-order valence-corrected chi connectivity index (χ4v) is 2.52. The van der Waals surface area contributed by atoms with Gasteiger partial charge in [0.2, 0.25) is 6.79 Å². The molecular formula is C14H15ClN2O3. The molecule has 0 saturated carbocycles. The van der Waals surface area contributed by atoms with Crippen LogP contribution in [0.15, 0.2) is 24.5 Å². The largest absolute Gasteiger partial charge is 0.454 e. The van der Waals surface area contributed by atoms with Crippen molar-refractivity contribution in [3.8, 4) is 11.5 Å². The van der Waals surface area contributed by atoms with Crippen LogP contribution in [0.3, 0.4) is 0 Å². The number of fused-ring (bicyclic) bond motifs is 1. The molecule has 1 aliphatic rings. The van der Waals surface area contributed by atoms with Gasteiger partial charge in [-0.15, -0.1) is 0 Å². The smallest absolute Gasteiger partial charge is 0.231 e. The number of hydrogen-bond donors (Lipinski definition) is 1. The van der Waals surface area contributed by atoms with Gasteiger partial charge in [0, 0.05) is 25.9 Å². The predicted octanol–water partition coefficient (Wildman–Crippen LogP) is 2.47. The maximum Gasteiger partial charge on any atom is 0.231 e. The summed E-state index contributed by atoms with van der Waals surface area (Å²) in [6.07, 6.45) is 4.29. The summed E-state index contributed by atoms with van der Waals surface area (Å²) in [5, 5.41) is 10.7. The number of aromatic nitrogens is 2. The molecule has 0 amide bonds. The first kappa shape index (κ1) is 13.3. The van der Waals surface area contributed by atoms with E-state index in [1.54, 1.807) is 18.3 Å². The van der Waals surface area contributed by atoms with Gasteiger partial charge in [-0.1, -0.05) is 11.6 Å². The van der Waals surface area contributed by atoms with Gasteiger partial charge >= 0.3 is 0 Å². The van der Waals surface area contributed by atoms with Crippen LogP contribution in [-0.2, 0) is 13.5 Å². The van der Waals surface area contributed by atoms with Crippen molar-refractivity contribution in [2.24, 2.45) is 7.05 Å². The zero-order chi connectivity index (χ0) is 14.1. The van der Waals surface area contributed by atoms with Crippen LogP contribution in [0.25, 0.3) is 0 Å². The van der Waals surface area contributed by atoms with E-state index in [2.05, 4.69) is 4.98 Å². The number of aliphatic hydroxyl groups excluding tert-OH is 1. The van der Waals surface area contributed by atoms with Crippen LogP contribution in [0.4, 0.5) is 0 Å². The van der Waals surface area contributed by atoms with Gasteiger partial charge < -0.3 is 19.1 Å². The Labute approximate surface area is 121 Å². The fourth-order valence-electron chi connectivity index (χ4n) is 2.25. The molecular weight excluding hydrogens is 280 g/mol. The van der Waals surface area contributed by atoms with E-state index >= 15 is 0 Å². The predicted molar refractivity (Wildman–Crippen MR) is 74.1 cm³/mol. The van der Waals surface area contributed by atoms with E-state index in [-0.39, 0.29) is 6.79 Å². The molecule has 5 nitrogen and oxygen atoms in total. The van der Waals surface area contributed by atoms with Gasteiger partial charge in [0.1, 0.15) is 5.82 Å². The second-order valence-corrected chi connectivity index (χ2v) is 5.15. The average molecular weight is 295 g/mol. The third-order valence-corrected chi connectivity index (χ3v) is 3.68. The quantitative estimate of drug-likeness (QED) is 0.941. The zero-order valence-electron chi connectivity index (χ0n) is 11.0. The number of halogens is 1. The Bertz CT molecular complexity index is 627. The lowest BCUT2D eigenvalue weighted by Crippen LogP contribution is -2.03. The van der Waals surface area contributed by atoms with Crippen LogP contribution in [0.2, 0.25) is 5.02 Å². The molecule has 20 heavy (non-hydrogen) atoms. The highest BCUT2D eigenvalue weighted by atomic mass is 35.5. The maximum absolute atomic E-state index is 10.3. The molecule has 0 spiro atoms. The Hall–Kier alpha value is -1.72. The first-order valence-electron chi connectivity index (χ1n) is 6.38. The van der Waals surface area contributed by atoms with Crippen molar-refractivity contribution in [2.45, 2.75) is 18.9 Å². The second kappa shape index (κ2) is 5.34. The van der Waals surface area contributed by atoms with Gasteiger partial charge in [0.05, 0.1) is 11.1 Å². The molecule has 1 atom stereocenters. The highest BCUT2D eigenvalue weighted by molar-refractivity contribution is 6.32. The molecule has 1 aromatic heterocycles. The summed E-state index contributed by atoms with van der Waals surface area (Å²) in [6, 6.07) is 3.50. The third kappa shape index (κ3) is 2.46. The summed E-state index contributed by atoms with van der Waals surface area (Å²) >= 11 is 6.11. The van der Waals surface area contributed by atoms with Crippen LogP contribution in [0.1, 0.15) is 23.9 Å². The average Bonchev–Trinajstić information content (AvgIpc) is 3.05. The van der Waals surface area contributed by atoms with E-state index < -0.39 is 6.10 Å². The molecule has 2 aromatic rings.